The van der Waals surface area contributed by atoms with Crippen LogP contribution in [-0.4, -0.2) is 42.2 Å². The van der Waals surface area contributed by atoms with Gasteiger partial charge in [-0.1, -0.05) is 29.3 Å². The molecular formula is C25H28ClN3O6S2. The van der Waals surface area contributed by atoms with Gasteiger partial charge in [-0.05, 0) is 74.9 Å². The molecule has 0 saturated heterocycles. The fourth-order valence-electron chi connectivity index (χ4n) is 3.70. The van der Waals surface area contributed by atoms with Crippen LogP contribution >= 0.6 is 11.6 Å². The van der Waals surface area contributed by atoms with E-state index < -0.39 is 32.0 Å². The van der Waals surface area contributed by atoms with Crippen LogP contribution in [0.2, 0.25) is 5.02 Å². The smallest absolute Gasteiger partial charge is 0.261 e. The minimum Gasteiger partial charge on any atom is -0.495 e. The summed E-state index contributed by atoms with van der Waals surface area (Å²) in [6.45, 7) is 5.16. The Kier molecular flexibility index (Phi) is 8.41. The van der Waals surface area contributed by atoms with Crippen molar-refractivity contribution in [2.45, 2.75) is 31.7 Å². The van der Waals surface area contributed by atoms with Crippen LogP contribution in [0.25, 0.3) is 0 Å². The van der Waals surface area contributed by atoms with Gasteiger partial charge in [-0.3, -0.25) is 13.8 Å². The van der Waals surface area contributed by atoms with Gasteiger partial charge in [-0.25, -0.2) is 16.8 Å². The summed E-state index contributed by atoms with van der Waals surface area (Å²) in [6.07, 6.45) is 0.983. The molecule has 1 amide bonds. The molecule has 0 saturated carbocycles. The first kappa shape index (κ1) is 28.3. The maximum atomic E-state index is 13.0. The van der Waals surface area contributed by atoms with Gasteiger partial charge in [-0.15, -0.1) is 0 Å². The fourth-order valence-corrected chi connectivity index (χ4v) is 6.25. The van der Waals surface area contributed by atoms with Gasteiger partial charge in [0.15, 0.2) is 0 Å². The molecule has 0 aliphatic rings. The molecule has 0 aliphatic carbocycles. The molecule has 2 N–H and O–H groups in total. The molecular weight excluding hydrogens is 538 g/mol. The van der Waals surface area contributed by atoms with Crippen LogP contribution in [-0.2, 0) is 24.8 Å². The van der Waals surface area contributed by atoms with E-state index in [0.29, 0.717) is 17.1 Å². The highest BCUT2D eigenvalue weighted by Crippen LogP contribution is 2.31. The lowest BCUT2D eigenvalue weighted by Crippen LogP contribution is -2.45. The maximum Gasteiger partial charge on any atom is 0.261 e. The number of hydrogen-bond acceptors (Lipinski definition) is 6. The number of rotatable bonds is 9. The summed E-state index contributed by atoms with van der Waals surface area (Å²) >= 11 is 6.15. The van der Waals surface area contributed by atoms with E-state index in [4.69, 9.17) is 16.3 Å². The first-order valence-electron chi connectivity index (χ1n) is 11.1. The Bertz CT molecular complexity index is 1520. The molecule has 12 heteroatoms. The molecule has 1 atom stereocenters. The second kappa shape index (κ2) is 11.0. The van der Waals surface area contributed by atoms with E-state index in [0.717, 1.165) is 21.7 Å². The number of nitrogens with zero attached hydrogens (tertiary/aromatic N) is 1. The summed E-state index contributed by atoms with van der Waals surface area (Å²) in [6, 6.07) is 14.2. The standard InChI is InChI=1S/C25H28ClN3O6S2/c1-16-6-12-23(17(2)14-16)28-37(33,34)21-10-7-19(8-11-21)27-25(30)18(3)29(36(5,31)32)20-9-13-24(35-4)22(26)15-20/h6-15,18,28H,1-5H3,(H,27,30)/t18-/m1/s1. The minimum atomic E-state index is -3.87. The van der Waals surface area contributed by atoms with Gasteiger partial charge in [0, 0.05) is 5.69 Å². The van der Waals surface area contributed by atoms with Crippen molar-refractivity contribution in [1.29, 1.82) is 0 Å². The minimum absolute atomic E-state index is 0.00385. The third-order valence-electron chi connectivity index (χ3n) is 5.54. The lowest BCUT2D eigenvalue weighted by molar-refractivity contribution is -0.116. The molecule has 0 bridgehead atoms. The number of sulfonamides is 2. The van der Waals surface area contributed by atoms with Gasteiger partial charge in [0.1, 0.15) is 11.8 Å². The number of nitrogens with one attached hydrogen (secondary N) is 2. The third-order valence-corrected chi connectivity index (χ3v) is 8.46. The van der Waals surface area contributed by atoms with E-state index >= 15 is 0 Å². The van der Waals surface area contributed by atoms with E-state index in [9.17, 15) is 21.6 Å². The summed E-state index contributed by atoms with van der Waals surface area (Å²) in [5.41, 5.74) is 2.75. The monoisotopic (exact) mass is 565 g/mol. The fraction of sp³-hybridized carbons (Fsp3) is 0.240. The molecule has 9 nitrogen and oxygen atoms in total. The van der Waals surface area contributed by atoms with Gasteiger partial charge in [0.25, 0.3) is 10.0 Å². The van der Waals surface area contributed by atoms with Gasteiger partial charge in [-0.2, -0.15) is 0 Å². The van der Waals surface area contributed by atoms with Crippen molar-refractivity contribution >= 4 is 54.6 Å². The third kappa shape index (κ3) is 6.73. The molecule has 0 radical (unpaired) electrons. The Morgan fingerprint density at radius 3 is 2.16 bits per heavy atom. The number of hydrogen-bond donors (Lipinski definition) is 2. The van der Waals surface area contributed by atoms with Crippen LogP contribution < -0.4 is 19.1 Å². The molecule has 3 rings (SSSR count). The molecule has 3 aromatic carbocycles. The number of carbonyl (C=O) groups excluding carboxylic acids is 1. The van der Waals surface area contributed by atoms with Crippen molar-refractivity contribution in [3.63, 3.8) is 0 Å². The van der Waals surface area contributed by atoms with Gasteiger partial charge < -0.3 is 10.1 Å². The van der Waals surface area contributed by atoms with Gasteiger partial charge in [0.2, 0.25) is 15.9 Å². The number of amides is 1. The molecule has 198 valence electrons. The number of halogens is 1. The molecule has 0 unspecified atom stereocenters. The first-order chi connectivity index (χ1) is 17.2. The van der Waals surface area contributed by atoms with E-state index in [-0.39, 0.29) is 15.6 Å². The van der Waals surface area contributed by atoms with Crippen LogP contribution in [0.1, 0.15) is 18.1 Å². The Balaban J connectivity index is 1.79. The van der Waals surface area contributed by atoms with Gasteiger partial charge >= 0.3 is 0 Å². The van der Waals surface area contributed by atoms with Crippen LogP contribution in [0.15, 0.2) is 65.6 Å². The summed E-state index contributed by atoms with van der Waals surface area (Å²) in [4.78, 5) is 13.0. The second-order valence-electron chi connectivity index (χ2n) is 8.49. The molecule has 0 fully saturated rings. The lowest BCUT2D eigenvalue weighted by Gasteiger charge is -2.28. The maximum absolute atomic E-state index is 13.0. The Labute approximate surface area is 222 Å². The van der Waals surface area contributed by atoms with Crippen molar-refractivity contribution in [3.8, 4) is 5.75 Å². The highest BCUT2D eigenvalue weighted by molar-refractivity contribution is 7.92. The molecule has 37 heavy (non-hydrogen) atoms. The highest BCUT2D eigenvalue weighted by Gasteiger charge is 2.30. The SMILES string of the molecule is COc1ccc(N([C@H](C)C(=O)Nc2ccc(S(=O)(=O)Nc3ccc(C)cc3C)cc2)S(C)(=O)=O)cc1Cl. The second-order valence-corrected chi connectivity index (χ2v) is 12.4. The van der Waals surface area contributed by atoms with Crippen LogP contribution in [0, 0.1) is 13.8 Å². The zero-order chi connectivity index (χ0) is 27.5. The molecule has 0 aromatic heterocycles. The number of benzene rings is 3. The number of ether oxygens (including phenoxy) is 1. The van der Waals surface area contributed by atoms with Crippen molar-refractivity contribution < 1.29 is 26.4 Å². The zero-order valence-corrected chi connectivity index (χ0v) is 23.3. The first-order valence-corrected chi connectivity index (χ1v) is 14.8. The average molecular weight is 566 g/mol. The summed E-state index contributed by atoms with van der Waals surface area (Å²) in [7, 11) is -6.30. The van der Waals surface area contributed by atoms with E-state index in [1.165, 1.54) is 56.5 Å². The predicted octanol–water partition coefficient (Wildman–Crippen LogP) is 4.56. The van der Waals surface area contributed by atoms with E-state index in [2.05, 4.69) is 10.0 Å². The highest BCUT2D eigenvalue weighted by atomic mass is 35.5. The molecule has 0 aliphatic heterocycles. The summed E-state index contributed by atoms with van der Waals surface area (Å²) in [5.74, 6) is -0.264. The summed E-state index contributed by atoms with van der Waals surface area (Å²) in [5, 5.41) is 2.81. The Morgan fingerprint density at radius 2 is 1.62 bits per heavy atom. The van der Waals surface area contributed by atoms with Crippen LogP contribution in [0.4, 0.5) is 17.1 Å². The zero-order valence-electron chi connectivity index (χ0n) is 20.9. The van der Waals surface area contributed by atoms with Crippen molar-refractivity contribution in [3.05, 3.63) is 76.8 Å². The molecule has 3 aromatic rings. The predicted molar refractivity (Wildman–Crippen MR) is 147 cm³/mol. The molecule has 0 heterocycles. The Morgan fingerprint density at radius 1 is 0.973 bits per heavy atom. The average Bonchev–Trinajstić information content (AvgIpc) is 2.80. The number of methoxy groups -OCH3 is 1. The van der Waals surface area contributed by atoms with E-state index in [1.807, 2.05) is 26.0 Å². The largest absolute Gasteiger partial charge is 0.495 e. The number of carbonyl (C=O) groups is 1. The van der Waals surface area contributed by atoms with Crippen molar-refractivity contribution in [2.24, 2.45) is 0 Å². The lowest BCUT2D eigenvalue weighted by atomic mass is 10.1. The van der Waals surface area contributed by atoms with Gasteiger partial charge in [0.05, 0.1) is 34.7 Å². The van der Waals surface area contributed by atoms with Crippen LogP contribution in [0.5, 0.6) is 5.75 Å². The van der Waals surface area contributed by atoms with Crippen LogP contribution in [0.3, 0.4) is 0 Å². The Hall–Kier alpha value is -3.28. The normalized spacial score (nSPS) is 12.5. The van der Waals surface area contributed by atoms with Crippen molar-refractivity contribution in [2.75, 3.05) is 27.7 Å². The number of anilines is 3. The van der Waals surface area contributed by atoms with E-state index in [1.54, 1.807) is 6.07 Å². The molecule has 0 spiro atoms. The van der Waals surface area contributed by atoms with Crippen molar-refractivity contribution in [1.82, 2.24) is 0 Å². The summed E-state index contributed by atoms with van der Waals surface area (Å²) < 4.78 is 59.3. The topological polar surface area (TPSA) is 122 Å². The quantitative estimate of drug-likeness (QED) is 0.392. The number of aryl methyl sites for hydroxylation is 2.